The summed E-state index contributed by atoms with van der Waals surface area (Å²) >= 11 is 0. The van der Waals surface area contributed by atoms with E-state index < -0.39 is 12.0 Å². The first kappa shape index (κ1) is 17.5. The maximum absolute atomic E-state index is 12.6. The van der Waals surface area contributed by atoms with Gasteiger partial charge in [-0.25, -0.2) is 9.78 Å². The van der Waals surface area contributed by atoms with Crippen LogP contribution < -0.4 is 4.90 Å². The quantitative estimate of drug-likeness (QED) is 0.888. The number of nitrogens with zero attached hydrogens (tertiary/aromatic N) is 3. The first-order valence-corrected chi connectivity index (χ1v) is 10.2. The van der Waals surface area contributed by atoms with Gasteiger partial charge in [-0.2, -0.15) is 0 Å². The molecule has 1 amide bonds. The summed E-state index contributed by atoms with van der Waals surface area (Å²) < 4.78 is 0. The highest BCUT2D eigenvalue weighted by atomic mass is 16.4. The van der Waals surface area contributed by atoms with Crippen molar-refractivity contribution < 1.29 is 14.7 Å². The van der Waals surface area contributed by atoms with E-state index in [-0.39, 0.29) is 17.2 Å². The number of anilines is 1. The second-order valence-corrected chi connectivity index (χ2v) is 8.64. The number of carboxylic acids is 1. The summed E-state index contributed by atoms with van der Waals surface area (Å²) in [6, 6.07) is 9.65. The third-order valence-corrected chi connectivity index (χ3v) is 6.78. The van der Waals surface area contributed by atoms with Crippen LogP contribution in [-0.4, -0.2) is 52.5 Å². The van der Waals surface area contributed by atoms with Crippen LogP contribution in [0.4, 0.5) is 5.82 Å². The number of carbonyl (C=O) groups is 2. The summed E-state index contributed by atoms with van der Waals surface area (Å²) in [5.74, 6) is 0.273. The summed E-state index contributed by atoms with van der Waals surface area (Å²) in [5, 5.41) is 12.0. The maximum atomic E-state index is 12.6. The fourth-order valence-corrected chi connectivity index (χ4v) is 4.98. The Bertz CT molecular complexity index is 926. The van der Waals surface area contributed by atoms with E-state index >= 15 is 0 Å². The van der Waals surface area contributed by atoms with E-state index in [0.29, 0.717) is 13.0 Å². The third-order valence-electron chi connectivity index (χ3n) is 6.78. The second-order valence-electron chi connectivity index (χ2n) is 8.64. The van der Waals surface area contributed by atoms with Crippen molar-refractivity contribution >= 4 is 28.5 Å². The molecule has 1 spiro atoms. The summed E-state index contributed by atoms with van der Waals surface area (Å²) in [6.07, 6.45) is 6.06. The molecule has 1 aromatic heterocycles. The average molecular weight is 379 g/mol. The number of aliphatic carboxylic acids is 1. The molecule has 0 radical (unpaired) electrons. The zero-order valence-corrected chi connectivity index (χ0v) is 15.9. The normalized spacial score (nSPS) is 24.1. The number of aromatic nitrogens is 1. The lowest BCUT2D eigenvalue weighted by Crippen LogP contribution is -2.43. The Morgan fingerprint density at radius 1 is 1.11 bits per heavy atom. The molecule has 28 heavy (non-hydrogen) atoms. The van der Waals surface area contributed by atoms with Crippen molar-refractivity contribution in [2.24, 2.45) is 11.3 Å². The number of amides is 1. The number of benzene rings is 1. The smallest absolute Gasteiger partial charge is 0.326 e. The van der Waals surface area contributed by atoms with Gasteiger partial charge >= 0.3 is 5.97 Å². The highest BCUT2D eigenvalue weighted by molar-refractivity contribution is 5.92. The van der Waals surface area contributed by atoms with Crippen molar-refractivity contribution in [3.05, 3.63) is 36.5 Å². The number of likely N-dealkylation sites (tertiary alicyclic amines) is 1. The van der Waals surface area contributed by atoms with Crippen molar-refractivity contribution in [2.45, 2.75) is 38.1 Å². The molecule has 2 aliphatic heterocycles. The Kier molecular flexibility index (Phi) is 4.03. The van der Waals surface area contributed by atoms with E-state index in [1.807, 2.05) is 24.4 Å². The van der Waals surface area contributed by atoms with E-state index in [4.69, 9.17) is 0 Å². The summed E-state index contributed by atoms with van der Waals surface area (Å²) in [7, 11) is 0. The van der Waals surface area contributed by atoms with Crippen LogP contribution in [-0.2, 0) is 9.59 Å². The molecule has 2 aromatic rings. The molecule has 1 aromatic carbocycles. The van der Waals surface area contributed by atoms with E-state index in [1.165, 1.54) is 5.39 Å². The SMILES string of the molecule is O=C(O)[C@@H]1CC2(CCN(c3nccc4ccccc34)CC2)CN1C(=O)C1CC1. The molecular formula is C22H25N3O3. The number of hydrogen-bond donors (Lipinski definition) is 1. The number of carbonyl (C=O) groups excluding carboxylic acids is 1. The van der Waals surface area contributed by atoms with Crippen LogP contribution in [0.3, 0.4) is 0 Å². The van der Waals surface area contributed by atoms with Gasteiger partial charge < -0.3 is 14.9 Å². The maximum Gasteiger partial charge on any atom is 0.326 e. The van der Waals surface area contributed by atoms with Gasteiger partial charge in [0.05, 0.1) is 0 Å². The minimum absolute atomic E-state index is 0.0578. The van der Waals surface area contributed by atoms with Gasteiger partial charge in [0, 0.05) is 37.1 Å². The molecule has 0 unspecified atom stereocenters. The predicted molar refractivity (Wildman–Crippen MR) is 106 cm³/mol. The van der Waals surface area contributed by atoms with Gasteiger partial charge in [0.25, 0.3) is 0 Å². The Morgan fingerprint density at radius 2 is 1.86 bits per heavy atom. The number of pyridine rings is 1. The number of rotatable bonds is 3. The molecule has 1 atom stereocenters. The first-order chi connectivity index (χ1) is 13.6. The molecule has 2 saturated heterocycles. The Labute approximate surface area is 164 Å². The number of fused-ring (bicyclic) bond motifs is 1. The topological polar surface area (TPSA) is 73.7 Å². The average Bonchev–Trinajstić information content (AvgIpc) is 3.50. The van der Waals surface area contributed by atoms with Crippen LogP contribution in [0.25, 0.3) is 10.8 Å². The lowest BCUT2D eigenvalue weighted by Gasteiger charge is -2.40. The van der Waals surface area contributed by atoms with Gasteiger partial charge in [-0.1, -0.05) is 24.3 Å². The highest BCUT2D eigenvalue weighted by Gasteiger charge is 2.51. The van der Waals surface area contributed by atoms with Crippen LogP contribution >= 0.6 is 0 Å². The monoisotopic (exact) mass is 379 g/mol. The summed E-state index contributed by atoms with van der Waals surface area (Å²) in [4.78, 5) is 33.0. The molecule has 3 aliphatic rings. The molecule has 1 N–H and O–H groups in total. The molecule has 0 bridgehead atoms. The molecule has 5 rings (SSSR count). The molecule has 146 valence electrons. The Morgan fingerprint density at radius 3 is 2.57 bits per heavy atom. The van der Waals surface area contributed by atoms with Gasteiger partial charge in [0.2, 0.25) is 5.91 Å². The summed E-state index contributed by atoms with van der Waals surface area (Å²) in [5.41, 5.74) is -0.0747. The molecule has 1 saturated carbocycles. The van der Waals surface area contributed by atoms with Gasteiger partial charge in [-0.3, -0.25) is 4.79 Å². The molecule has 1 aliphatic carbocycles. The molecule has 6 heteroatoms. The molecule has 3 fully saturated rings. The minimum atomic E-state index is -0.857. The van der Waals surface area contributed by atoms with Crippen LogP contribution in [0.2, 0.25) is 0 Å². The van der Waals surface area contributed by atoms with Gasteiger partial charge in [-0.05, 0) is 49.0 Å². The Balaban J connectivity index is 1.35. The van der Waals surface area contributed by atoms with Crippen molar-refractivity contribution in [3.8, 4) is 0 Å². The van der Waals surface area contributed by atoms with E-state index in [0.717, 1.165) is 50.0 Å². The fourth-order valence-electron chi connectivity index (χ4n) is 4.98. The van der Waals surface area contributed by atoms with Gasteiger partial charge in [-0.15, -0.1) is 0 Å². The standard InChI is InChI=1S/C22H25N3O3/c26-20(16-5-6-16)25-14-22(13-18(25)21(27)28)8-11-24(12-9-22)19-17-4-2-1-3-15(17)7-10-23-19/h1-4,7,10,16,18H,5-6,8-9,11-14H2,(H,27,28)/t18-/m0/s1. The van der Waals surface area contributed by atoms with Crippen molar-refractivity contribution in [3.63, 3.8) is 0 Å². The largest absolute Gasteiger partial charge is 0.480 e. The zero-order chi connectivity index (χ0) is 19.3. The third kappa shape index (κ3) is 2.91. The first-order valence-electron chi connectivity index (χ1n) is 10.2. The van der Waals surface area contributed by atoms with Gasteiger partial charge in [0.15, 0.2) is 0 Å². The molecule has 6 nitrogen and oxygen atoms in total. The highest BCUT2D eigenvalue weighted by Crippen LogP contribution is 2.46. The van der Waals surface area contributed by atoms with Crippen LogP contribution in [0.15, 0.2) is 36.5 Å². The van der Waals surface area contributed by atoms with E-state index in [9.17, 15) is 14.7 Å². The van der Waals surface area contributed by atoms with Crippen LogP contribution in [0.5, 0.6) is 0 Å². The Hall–Kier alpha value is -2.63. The lowest BCUT2D eigenvalue weighted by molar-refractivity contribution is -0.148. The fraction of sp³-hybridized carbons (Fsp3) is 0.500. The zero-order valence-electron chi connectivity index (χ0n) is 15.9. The predicted octanol–water partition coefficient (Wildman–Crippen LogP) is 2.92. The van der Waals surface area contributed by atoms with Crippen LogP contribution in [0.1, 0.15) is 32.1 Å². The number of hydrogen-bond acceptors (Lipinski definition) is 4. The van der Waals surface area contributed by atoms with Crippen molar-refractivity contribution in [2.75, 3.05) is 24.5 Å². The molecular weight excluding hydrogens is 354 g/mol. The summed E-state index contributed by atoms with van der Waals surface area (Å²) in [6.45, 7) is 2.29. The minimum Gasteiger partial charge on any atom is -0.480 e. The second kappa shape index (κ2) is 6.47. The lowest BCUT2D eigenvalue weighted by atomic mass is 9.76. The van der Waals surface area contributed by atoms with Crippen molar-refractivity contribution in [1.82, 2.24) is 9.88 Å². The van der Waals surface area contributed by atoms with E-state index in [2.05, 4.69) is 22.0 Å². The van der Waals surface area contributed by atoms with E-state index in [1.54, 1.807) is 4.90 Å². The number of piperidine rings is 1. The van der Waals surface area contributed by atoms with Crippen molar-refractivity contribution in [1.29, 1.82) is 0 Å². The van der Waals surface area contributed by atoms with Gasteiger partial charge in [0.1, 0.15) is 11.9 Å². The number of carboxylic acid groups (broad SMARTS) is 1. The van der Waals surface area contributed by atoms with Crippen LogP contribution in [0, 0.1) is 11.3 Å². The molecule has 3 heterocycles.